The lowest BCUT2D eigenvalue weighted by Crippen LogP contribution is -2.39. The van der Waals surface area contributed by atoms with Crippen molar-refractivity contribution in [2.75, 3.05) is 6.54 Å². The molecule has 5 heteroatoms. The molecule has 1 atom stereocenters. The molecule has 0 radical (unpaired) electrons. The number of fused-ring (bicyclic) bond motifs is 1. The summed E-state index contributed by atoms with van der Waals surface area (Å²) in [4.78, 5) is 23.0. The number of benzene rings is 1. The molecule has 1 aliphatic heterocycles. The molecule has 1 fully saturated rings. The van der Waals surface area contributed by atoms with Crippen molar-refractivity contribution >= 4 is 16.9 Å². The SMILES string of the molecule is O=C(CCCn1cccc1)N1CCCCC1c1nc2ccccc2[nH]1. The van der Waals surface area contributed by atoms with Gasteiger partial charge in [-0.3, -0.25) is 4.79 Å². The van der Waals surface area contributed by atoms with Crippen molar-refractivity contribution in [1.82, 2.24) is 19.4 Å². The van der Waals surface area contributed by atoms with Crippen molar-refractivity contribution < 1.29 is 4.79 Å². The van der Waals surface area contributed by atoms with E-state index in [1.54, 1.807) is 0 Å². The van der Waals surface area contributed by atoms with Crippen molar-refractivity contribution in [3.05, 3.63) is 54.6 Å². The van der Waals surface area contributed by atoms with Crippen molar-refractivity contribution in [1.29, 1.82) is 0 Å². The number of hydrogen-bond acceptors (Lipinski definition) is 2. The third-order valence-corrected chi connectivity index (χ3v) is 5.02. The van der Waals surface area contributed by atoms with Gasteiger partial charge >= 0.3 is 0 Å². The van der Waals surface area contributed by atoms with Crippen LogP contribution in [0.15, 0.2) is 48.8 Å². The predicted octanol–water partition coefficient (Wildman–Crippen LogP) is 3.90. The standard InChI is InChI=1S/C20H24N4O/c25-19(11-7-14-23-12-5-6-13-23)24-15-4-3-10-18(24)20-21-16-8-1-2-9-17(16)22-20/h1-2,5-6,8-9,12-13,18H,3-4,7,10-11,14-15H2,(H,21,22). The number of likely N-dealkylation sites (tertiary alicyclic amines) is 1. The van der Waals surface area contributed by atoms with Crippen LogP contribution in [-0.4, -0.2) is 31.9 Å². The van der Waals surface area contributed by atoms with Crippen LogP contribution in [0.1, 0.15) is 44.0 Å². The first kappa shape index (κ1) is 15.9. The molecule has 4 rings (SSSR count). The maximum Gasteiger partial charge on any atom is 0.223 e. The smallest absolute Gasteiger partial charge is 0.223 e. The maximum absolute atomic E-state index is 12.8. The van der Waals surface area contributed by atoms with E-state index in [1.807, 2.05) is 53.7 Å². The van der Waals surface area contributed by atoms with E-state index in [0.717, 1.165) is 55.6 Å². The number of hydrogen-bond donors (Lipinski definition) is 1. The average molecular weight is 336 g/mol. The van der Waals surface area contributed by atoms with Gasteiger partial charge in [0.15, 0.2) is 0 Å². The summed E-state index contributed by atoms with van der Waals surface area (Å²) >= 11 is 0. The molecule has 1 amide bonds. The molecule has 0 bridgehead atoms. The van der Waals surface area contributed by atoms with Crippen LogP contribution in [0.4, 0.5) is 0 Å². The van der Waals surface area contributed by atoms with Crippen LogP contribution in [0.3, 0.4) is 0 Å². The first-order valence-electron chi connectivity index (χ1n) is 9.16. The minimum absolute atomic E-state index is 0.0835. The number of amides is 1. The molecule has 0 spiro atoms. The summed E-state index contributed by atoms with van der Waals surface area (Å²) in [5.41, 5.74) is 2.02. The second kappa shape index (κ2) is 7.13. The number of aromatic amines is 1. The van der Waals surface area contributed by atoms with Crippen LogP contribution in [0.25, 0.3) is 11.0 Å². The highest BCUT2D eigenvalue weighted by Gasteiger charge is 2.29. The Balaban J connectivity index is 1.45. The molecular weight excluding hydrogens is 312 g/mol. The average Bonchev–Trinajstić information content (AvgIpc) is 3.31. The van der Waals surface area contributed by atoms with Crippen LogP contribution in [0.2, 0.25) is 0 Å². The molecule has 2 aromatic heterocycles. The van der Waals surface area contributed by atoms with E-state index < -0.39 is 0 Å². The zero-order chi connectivity index (χ0) is 17.1. The molecule has 1 N–H and O–H groups in total. The number of aryl methyl sites for hydroxylation is 1. The van der Waals surface area contributed by atoms with Crippen LogP contribution in [0, 0.1) is 0 Å². The van der Waals surface area contributed by atoms with Gasteiger partial charge in [-0.1, -0.05) is 12.1 Å². The number of para-hydroxylation sites is 2. The van der Waals surface area contributed by atoms with Gasteiger partial charge in [-0.25, -0.2) is 4.98 Å². The lowest BCUT2D eigenvalue weighted by atomic mass is 10.0. The molecular formula is C20H24N4O. The normalized spacial score (nSPS) is 17.9. The lowest BCUT2D eigenvalue weighted by Gasteiger charge is -2.34. The molecule has 0 aliphatic carbocycles. The molecule has 25 heavy (non-hydrogen) atoms. The molecule has 1 aromatic carbocycles. The molecule has 1 unspecified atom stereocenters. The quantitative estimate of drug-likeness (QED) is 0.768. The summed E-state index contributed by atoms with van der Waals surface area (Å²) in [5, 5.41) is 0. The van der Waals surface area contributed by atoms with Gasteiger partial charge in [0.1, 0.15) is 5.82 Å². The summed E-state index contributed by atoms with van der Waals surface area (Å²) < 4.78 is 2.13. The maximum atomic E-state index is 12.8. The Hall–Kier alpha value is -2.56. The molecule has 3 aromatic rings. The number of rotatable bonds is 5. The predicted molar refractivity (Wildman–Crippen MR) is 98.1 cm³/mol. The monoisotopic (exact) mass is 336 g/mol. The highest BCUT2D eigenvalue weighted by atomic mass is 16.2. The fraction of sp³-hybridized carbons (Fsp3) is 0.400. The number of H-pyrrole nitrogens is 1. The summed E-state index contributed by atoms with van der Waals surface area (Å²) in [5.74, 6) is 1.18. The number of nitrogens with one attached hydrogen (secondary N) is 1. The first-order chi connectivity index (χ1) is 12.3. The summed E-state index contributed by atoms with van der Waals surface area (Å²) in [6, 6.07) is 12.2. The highest BCUT2D eigenvalue weighted by molar-refractivity contribution is 5.77. The van der Waals surface area contributed by atoms with Crippen molar-refractivity contribution in [2.45, 2.75) is 44.7 Å². The minimum atomic E-state index is 0.0835. The fourth-order valence-electron chi connectivity index (χ4n) is 3.72. The number of carbonyl (C=O) groups excluding carboxylic acids is 1. The van der Waals surface area contributed by atoms with Gasteiger partial charge in [-0.05, 0) is 49.9 Å². The van der Waals surface area contributed by atoms with E-state index >= 15 is 0 Å². The van der Waals surface area contributed by atoms with Crippen LogP contribution >= 0.6 is 0 Å². The Kier molecular flexibility index (Phi) is 4.55. The van der Waals surface area contributed by atoms with Gasteiger partial charge in [0.05, 0.1) is 17.1 Å². The molecule has 1 aliphatic rings. The van der Waals surface area contributed by atoms with Crippen molar-refractivity contribution in [3.63, 3.8) is 0 Å². The number of aromatic nitrogens is 3. The fourth-order valence-corrected chi connectivity index (χ4v) is 3.72. The largest absolute Gasteiger partial charge is 0.354 e. The van der Waals surface area contributed by atoms with E-state index in [0.29, 0.717) is 6.42 Å². The van der Waals surface area contributed by atoms with Crippen molar-refractivity contribution in [2.24, 2.45) is 0 Å². The van der Waals surface area contributed by atoms with Gasteiger partial charge in [0, 0.05) is 31.9 Å². The molecule has 1 saturated heterocycles. The third-order valence-electron chi connectivity index (χ3n) is 5.02. The number of imidazole rings is 1. The first-order valence-corrected chi connectivity index (χ1v) is 9.16. The van der Waals surface area contributed by atoms with Gasteiger partial charge in [-0.15, -0.1) is 0 Å². The van der Waals surface area contributed by atoms with Gasteiger partial charge in [-0.2, -0.15) is 0 Å². The van der Waals surface area contributed by atoms with Crippen LogP contribution < -0.4 is 0 Å². The minimum Gasteiger partial charge on any atom is -0.354 e. The second-order valence-corrected chi connectivity index (χ2v) is 6.76. The number of piperidine rings is 1. The van der Waals surface area contributed by atoms with Gasteiger partial charge in [0.2, 0.25) is 5.91 Å². The van der Waals surface area contributed by atoms with E-state index in [9.17, 15) is 4.79 Å². The van der Waals surface area contributed by atoms with E-state index in [-0.39, 0.29) is 11.9 Å². The van der Waals surface area contributed by atoms with Gasteiger partial charge in [0.25, 0.3) is 0 Å². The highest BCUT2D eigenvalue weighted by Crippen LogP contribution is 2.31. The third kappa shape index (κ3) is 3.45. The molecule has 5 nitrogen and oxygen atoms in total. The number of carbonyl (C=O) groups is 1. The second-order valence-electron chi connectivity index (χ2n) is 6.76. The Morgan fingerprint density at radius 3 is 2.84 bits per heavy atom. The topological polar surface area (TPSA) is 53.9 Å². The van der Waals surface area contributed by atoms with E-state index in [2.05, 4.69) is 9.55 Å². The van der Waals surface area contributed by atoms with E-state index in [4.69, 9.17) is 4.98 Å². The van der Waals surface area contributed by atoms with Crippen LogP contribution in [0.5, 0.6) is 0 Å². The van der Waals surface area contributed by atoms with E-state index in [1.165, 1.54) is 0 Å². The number of nitrogens with zero attached hydrogens (tertiary/aromatic N) is 3. The summed E-state index contributed by atoms with van der Waals surface area (Å²) in [6.07, 6.45) is 8.77. The Morgan fingerprint density at radius 1 is 1.16 bits per heavy atom. The summed E-state index contributed by atoms with van der Waals surface area (Å²) in [7, 11) is 0. The summed E-state index contributed by atoms with van der Waals surface area (Å²) in [6.45, 7) is 1.73. The molecule has 3 heterocycles. The molecule has 130 valence electrons. The Bertz CT molecular complexity index is 803. The Morgan fingerprint density at radius 2 is 2.00 bits per heavy atom. The molecule has 0 saturated carbocycles. The van der Waals surface area contributed by atoms with Gasteiger partial charge < -0.3 is 14.5 Å². The zero-order valence-electron chi connectivity index (χ0n) is 14.4. The zero-order valence-corrected chi connectivity index (χ0v) is 14.4. The lowest BCUT2D eigenvalue weighted by molar-refractivity contribution is -0.135. The van der Waals surface area contributed by atoms with Crippen molar-refractivity contribution in [3.8, 4) is 0 Å². The van der Waals surface area contributed by atoms with Crippen LogP contribution in [-0.2, 0) is 11.3 Å². The Labute approximate surface area is 147 Å².